The molecule has 1 N–H and O–H groups in total. The van der Waals surface area contributed by atoms with E-state index in [0.29, 0.717) is 34.3 Å². The van der Waals surface area contributed by atoms with Crippen LogP contribution in [-0.4, -0.2) is 50.9 Å². The highest BCUT2D eigenvalue weighted by Crippen LogP contribution is 2.33. The first kappa shape index (κ1) is 33.2. The van der Waals surface area contributed by atoms with Crippen molar-refractivity contribution in [2.45, 2.75) is 51.6 Å². The second-order valence-electron chi connectivity index (χ2n) is 10.0. The minimum absolute atomic E-state index is 0.00799. The van der Waals surface area contributed by atoms with E-state index in [9.17, 15) is 18.0 Å². The van der Waals surface area contributed by atoms with Crippen LogP contribution in [0.5, 0.6) is 5.75 Å². The lowest BCUT2D eigenvalue weighted by atomic mass is 10.1. The summed E-state index contributed by atoms with van der Waals surface area (Å²) >= 11 is 12.5. The molecule has 2 amide bonds. The molecule has 0 aliphatic carbocycles. The summed E-state index contributed by atoms with van der Waals surface area (Å²) in [6, 6.07) is 18.5. The SMILES string of the molecule is CCOc1ccccc1N(CC(=O)N(Cc1ccccc1Cl)[C@@H](CC)C(=O)NCC(C)C)S(=O)(=O)c1ccc(Cl)cc1. The molecular weight excluding hydrogens is 597 g/mol. The van der Waals surface area contributed by atoms with E-state index in [2.05, 4.69) is 5.32 Å². The van der Waals surface area contributed by atoms with Gasteiger partial charge < -0.3 is 15.0 Å². The van der Waals surface area contributed by atoms with Crippen LogP contribution in [0.2, 0.25) is 10.0 Å². The third-order valence-electron chi connectivity index (χ3n) is 6.48. The minimum Gasteiger partial charge on any atom is -0.492 e. The Labute approximate surface area is 258 Å². The predicted octanol–water partition coefficient (Wildman–Crippen LogP) is 6.17. The van der Waals surface area contributed by atoms with E-state index in [1.54, 1.807) is 62.4 Å². The maximum Gasteiger partial charge on any atom is 0.264 e. The van der Waals surface area contributed by atoms with Crippen molar-refractivity contribution in [3.8, 4) is 5.75 Å². The fraction of sp³-hybridized carbons (Fsp3) is 0.355. The van der Waals surface area contributed by atoms with Gasteiger partial charge in [-0.1, -0.05) is 74.3 Å². The molecule has 0 aliphatic heterocycles. The van der Waals surface area contributed by atoms with Gasteiger partial charge >= 0.3 is 0 Å². The Morgan fingerprint density at radius 3 is 2.19 bits per heavy atom. The van der Waals surface area contributed by atoms with Gasteiger partial charge in [0.2, 0.25) is 11.8 Å². The van der Waals surface area contributed by atoms with E-state index in [1.165, 1.54) is 29.2 Å². The number of para-hydroxylation sites is 2. The van der Waals surface area contributed by atoms with Gasteiger partial charge in [-0.2, -0.15) is 0 Å². The lowest BCUT2D eigenvalue weighted by Crippen LogP contribution is -2.52. The van der Waals surface area contributed by atoms with Gasteiger partial charge in [-0.25, -0.2) is 8.42 Å². The summed E-state index contributed by atoms with van der Waals surface area (Å²) in [6.45, 7) is 7.68. The van der Waals surface area contributed by atoms with Crippen LogP contribution < -0.4 is 14.4 Å². The molecule has 1 atom stereocenters. The summed E-state index contributed by atoms with van der Waals surface area (Å²) in [5, 5.41) is 3.71. The molecule has 0 aliphatic rings. The molecule has 0 aromatic heterocycles. The topological polar surface area (TPSA) is 96.0 Å². The Kier molecular flexibility index (Phi) is 12.1. The molecule has 0 bridgehead atoms. The van der Waals surface area contributed by atoms with Crippen molar-refractivity contribution < 1.29 is 22.7 Å². The summed E-state index contributed by atoms with van der Waals surface area (Å²) in [5.41, 5.74) is 0.821. The summed E-state index contributed by atoms with van der Waals surface area (Å²) in [5.74, 6) is -0.405. The number of amides is 2. The van der Waals surface area contributed by atoms with Crippen molar-refractivity contribution in [3.63, 3.8) is 0 Å². The summed E-state index contributed by atoms with van der Waals surface area (Å²) in [7, 11) is -4.27. The molecule has 0 fully saturated rings. The highest BCUT2D eigenvalue weighted by Gasteiger charge is 2.35. The highest BCUT2D eigenvalue weighted by molar-refractivity contribution is 7.92. The molecule has 226 valence electrons. The van der Waals surface area contributed by atoms with Crippen molar-refractivity contribution in [3.05, 3.63) is 88.4 Å². The molecule has 0 radical (unpaired) electrons. The highest BCUT2D eigenvalue weighted by atomic mass is 35.5. The monoisotopic (exact) mass is 633 g/mol. The lowest BCUT2D eigenvalue weighted by Gasteiger charge is -2.33. The quantitative estimate of drug-likeness (QED) is 0.229. The lowest BCUT2D eigenvalue weighted by molar-refractivity contribution is -0.140. The van der Waals surface area contributed by atoms with E-state index in [4.69, 9.17) is 27.9 Å². The van der Waals surface area contributed by atoms with E-state index in [1.807, 2.05) is 13.8 Å². The van der Waals surface area contributed by atoms with Crippen molar-refractivity contribution in [1.82, 2.24) is 10.2 Å². The average molecular weight is 635 g/mol. The Morgan fingerprint density at radius 1 is 0.929 bits per heavy atom. The summed E-state index contributed by atoms with van der Waals surface area (Å²) in [6.07, 6.45) is 0.305. The minimum atomic E-state index is -4.27. The Hall–Kier alpha value is -3.27. The van der Waals surface area contributed by atoms with E-state index < -0.39 is 28.5 Å². The molecule has 3 aromatic rings. The fourth-order valence-electron chi connectivity index (χ4n) is 4.34. The number of rotatable bonds is 14. The zero-order valence-corrected chi connectivity index (χ0v) is 26.5. The predicted molar refractivity (Wildman–Crippen MR) is 168 cm³/mol. The van der Waals surface area contributed by atoms with Crippen LogP contribution in [-0.2, 0) is 26.2 Å². The number of carbonyl (C=O) groups excluding carboxylic acids is 2. The number of hydrogen-bond acceptors (Lipinski definition) is 5. The third kappa shape index (κ3) is 8.40. The molecule has 11 heteroatoms. The number of sulfonamides is 1. The van der Waals surface area contributed by atoms with Gasteiger partial charge in [-0.15, -0.1) is 0 Å². The van der Waals surface area contributed by atoms with E-state index in [-0.39, 0.29) is 35.6 Å². The first-order chi connectivity index (χ1) is 20.0. The van der Waals surface area contributed by atoms with Crippen LogP contribution in [0.4, 0.5) is 5.69 Å². The maximum absolute atomic E-state index is 14.2. The van der Waals surface area contributed by atoms with E-state index in [0.717, 1.165) is 4.31 Å². The summed E-state index contributed by atoms with van der Waals surface area (Å²) in [4.78, 5) is 28.9. The Bertz CT molecular complexity index is 1470. The number of anilines is 1. The number of nitrogens with zero attached hydrogens (tertiary/aromatic N) is 2. The smallest absolute Gasteiger partial charge is 0.264 e. The number of ether oxygens (including phenoxy) is 1. The molecule has 0 heterocycles. The summed E-state index contributed by atoms with van der Waals surface area (Å²) < 4.78 is 34.9. The van der Waals surface area contributed by atoms with Crippen LogP contribution in [0.3, 0.4) is 0 Å². The molecule has 0 saturated heterocycles. The molecule has 0 unspecified atom stereocenters. The van der Waals surface area contributed by atoms with Crippen LogP contribution in [0.1, 0.15) is 39.7 Å². The third-order valence-corrected chi connectivity index (χ3v) is 8.88. The van der Waals surface area contributed by atoms with Crippen molar-refractivity contribution in [2.24, 2.45) is 5.92 Å². The van der Waals surface area contributed by atoms with Crippen LogP contribution >= 0.6 is 23.2 Å². The molecule has 3 aromatic carbocycles. The number of nitrogens with one attached hydrogen (secondary N) is 1. The van der Waals surface area contributed by atoms with Crippen molar-refractivity contribution >= 4 is 50.7 Å². The number of benzene rings is 3. The molecule has 42 heavy (non-hydrogen) atoms. The average Bonchev–Trinajstić information content (AvgIpc) is 2.96. The molecule has 0 spiro atoms. The Balaban J connectivity index is 2.11. The van der Waals surface area contributed by atoms with E-state index >= 15 is 0 Å². The van der Waals surface area contributed by atoms with Gasteiger partial charge in [0.25, 0.3) is 10.0 Å². The largest absolute Gasteiger partial charge is 0.492 e. The second kappa shape index (κ2) is 15.3. The molecule has 8 nitrogen and oxygen atoms in total. The second-order valence-corrected chi connectivity index (χ2v) is 12.7. The van der Waals surface area contributed by atoms with Gasteiger partial charge in [0.15, 0.2) is 0 Å². The first-order valence-corrected chi connectivity index (χ1v) is 16.0. The number of halogens is 2. The van der Waals surface area contributed by atoms with Gasteiger partial charge in [0.1, 0.15) is 18.3 Å². The van der Waals surface area contributed by atoms with Crippen LogP contribution in [0.15, 0.2) is 77.7 Å². The zero-order chi connectivity index (χ0) is 30.9. The van der Waals surface area contributed by atoms with Crippen LogP contribution in [0.25, 0.3) is 0 Å². The van der Waals surface area contributed by atoms with Gasteiger partial charge in [0.05, 0.1) is 17.2 Å². The standard InChI is InChI=1S/C31H37Cl2N3O5S/c1-5-27(31(38)34-19-22(3)4)35(20-23-11-7-8-12-26(23)33)30(37)21-36(28-13-9-10-14-29(28)41-6-2)42(39,40)25-17-15-24(32)16-18-25/h7-18,22,27H,5-6,19-21H2,1-4H3,(H,34,38)/t27-/m0/s1. The van der Waals surface area contributed by atoms with Crippen LogP contribution in [0, 0.1) is 5.92 Å². The number of carbonyl (C=O) groups is 2. The maximum atomic E-state index is 14.2. The van der Waals surface area contributed by atoms with Gasteiger partial charge in [-0.3, -0.25) is 13.9 Å². The molecule has 0 saturated carbocycles. The van der Waals surface area contributed by atoms with Gasteiger partial charge in [0, 0.05) is 23.1 Å². The van der Waals surface area contributed by atoms with Crippen molar-refractivity contribution in [1.29, 1.82) is 0 Å². The Morgan fingerprint density at radius 2 is 1.57 bits per heavy atom. The molecule has 3 rings (SSSR count). The fourth-order valence-corrected chi connectivity index (χ4v) is 6.09. The normalized spacial score (nSPS) is 12.1. The van der Waals surface area contributed by atoms with Crippen molar-refractivity contribution in [2.75, 3.05) is 24.0 Å². The first-order valence-electron chi connectivity index (χ1n) is 13.8. The number of hydrogen-bond donors (Lipinski definition) is 1. The molecular formula is C31H37Cl2N3O5S. The zero-order valence-electron chi connectivity index (χ0n) is 24.2. The van der Waals surface area contributed by atoms with Gasteiger partial charge in [-0.05, 0) is 67.3 Å².